The van der Waals surface area contributed by atoms with Crippen molar-refractivity contribution in [1.82, 2.24) is 9.97 Å². The van der Waals surface area contributed by atoms with Crippen LogP contribution in [0, 0.1) is 5.82 Å². The Kier molecular flexibility index (Phi) is 4.57. The number of thiazole rings is 1. The van der Waals surface area contributed by atoms with Gasteiger partial charge in [-0.15, -0.1) is 11.3 Å². The van der Waals surface area contributed by atoms with Crippen LogP contribution in [0.25, 0.3) is 10.9 Å². The van der Waals surface area contributed by atoms with Crippen LogP contribution < -0.4 is 5.32 Å². The van der Waals surface area contributed by atoms with Crippen LogP contribution in [0.3, 0.4) is 0 Å². The van der Waals surface area contributed by atoms with Crippen molar-refractivity contribution in [2.24, 2.45) is 0 Å². The molecule has 8 heteroatoms. The summed E-state index contributed by atoms with van der Waals surface area (Å²) in [4.78, 5) is 30.7. The molecule has 0 aliphatic rings. The number of nitrogens with zero attached hydrogens (tertiary/aromatic N) is 1. The second kappa shape index (κ2) is 6.79. The molecule has 0 radical (unpaired) electrons. The van der Waals surface area contributed by atoms with Crippen molar-refractivity contribution in [2.75, 3.05) is 11.9 Å². The highest BCUT2D eigenvalue weighted by atomic mass is 32.1. The second-order valence-corrected chi connectivity index (χ2v) is 5.82. The van der Waals surface area contributed by atoms with E-state index in [1.54, 1.807) is 24.4 Å². The standard InChI is InChI=1S/C16H14FN3O3S/c1-2-23-14(21)6-9-8-24-16(18-9)20-15(22)13-7-10-11(17)4-3-5-12(10)19-13/h3-5,7-8,19H,2,6H2,1H3,(H,18,20,22). The van der Waals surface area contributed by atoms with Crippen LogP contribution in [0.2, 0.25) is 0 Å². The lowest BCUT2D eigenvalue weighted by Crippen LogP contribution is -2.12. The van der Waals surface area contributed by atoms with Gasteiger partial charge in [-0.3, -0.25) is 14.9 Å². The zero-order valence-electron chi connectivity index (χ0n) is 12.8. The average Bonchev–Trinajstić information content (AvgIpc) is 3.15. The van der Waals surface area contributed by atoms with E-state index in [2.05, 4.69) is 15.3 Å². The highest BCUT2D eigenvalue weighted by Gasteiger charge is 2.14. The van der Waals surface area contributed by atoms with Gasteiger partial charge in [-0.25, -0.2) is 9.37 Å². The maximum absolute atomic E-state index is 13.7. The molecular formula is C16H14FN3O3S. The number of aromatic amines is 1. The van der Waals surface area contributed by atoms with E-state index in [0.717, 1.165) is 0 Å². The lowest BCUT2D eigenvalue weighted by Gasteiger charge is -1.99. The van der Waals surface area contributed by atoms with Gasteiger partial charge in [-0.1, -0.05) is 6.07 Å². The number of carbonyl (C=O) groups excluding carboxylic acids is 2. The Morgan fingerprint density at radius 2 is 2.25 bits per heavy atom. The number of aromatic nitrogens is 2. The molecule has 0 saturated heterocycles. The topological polar surface area (TPSA) is 84.1 Å². The molecule has 0 aliphatic heterocycles. The summed E-state index contributed by atoms with van der Waals surface area (Å²) in [5, 5.41) is 5.02. The lowest BCUT2D eigenvalue weighted by molar-refractivity contribution is -0.142. The number of nitrogens with one attached hydrogen (secondary N) is 2. The van der Waals surface area contributed by atoms with Crippen molar-refractivity contribution >= 4 is 39.2 Å². The fraction of sp³-hybridized carbons (Fsp3) is 0.188. The van der Waals surface area contributed by atoms with Crippen LogP contribution in [0.1, 0.15) is 23.1 Å². The Labute approximate surface area is 140 Å². The SMILES string of the molecule is CCOC(=O)Cc1csc(NC(=O)c2cc3c(F)cccc3[nH]2)n1. The number of amides is 1. The second-order valence-electron chi connectivity index (χ2n) is 4.96. The van der Waals surface area contributed by atoms with Crippen molar-refractivity contribution < 1.29 is 18.7 Å². The van der Waals surface area contributed by atoms with Crippen LogP contribution in [0.4, 0.5) is 9.52 Å². The quantitative estimate of drug-likeness (QED) is 0.695. The van der Waals surface area contributed by atoms with Crippen molar-refractivity contribution in [2.45, 2.75) is 13.3 Å². The minimum absolute atomic E-state index is 0.0534. The van der Waals surface area contributed by atoms with Gasteiger partial charge >= 0.3 is 5.97 Å². The van der Waals surface area contributed by atoms with Gasteiger partial charge in [0.2, 0.25) is 0 Å². The number of halogens is 1. The summed E-state index contributed by atoms with van der Waals surface area (Å²) < 4.78 is 18.5. The molecule has 124 valence electrons. The first-order chi connectivity index (χ1) is 11.6. The summed E-state index contributed by atoms with van der Waals surface area (Å²) in [5.74, 6) is -1.19. The Bertz CT molecular complexity index is 903. The van der Waals surface area contributed by atoms with Gasteiger partial charge in [0.15, 0.2) is 5.13 Å². The van der Waals surface area contributed by atoms with Crippen molar-refractivity contribution in [3.05, 3.63) is 46.9 Å². The van der Waals surface area contributed by atoms with Gasteiger partial charge in [0.1, 0.15) is 11.5 Å². The normalized spacial score (nSPS) is 10.8. The molecular weight excluding hydrogens is 333 g/mol. The predicted octanol–water partition coefficient (Wildman–Crippen LogP) is 3.12. The van der Waals surface area contributed by atoms with Crippen LogP contribution in [0.15, 0.2) is 29.6 Å². The Hall–Kier alpha value is -2.74. The maximum Gasteiger partial charge on any atom is 0.311 e. The van der Waals surface area contributed by atoms with Gasteiger partial charge < -0.3 is 9.72 Å². The van der Waals surface area contributed by atoms with E-state index in [1.807, 2.05) is 0 Å². The molecule has 2 heterocycles. The van der Waals surface area contributed by atoms with Crippen molar-refractivity contribution in [1.29, 1.82) is 0 Å². The van der Waals surface area contributed by atoms with Crippen LogP contribution in [0.5, 0.6) is 0 Å². The lowest BCUT2D eigenvalue weighted by atomic mass is 10.2. The number of carbonyl (C=O) groups is 2. The summed E-state index contributed by atoms with van der Waals surface area (Å²) in [5.41, 5.74) is 1.30. The minimum atomic E-state index is -0.428. The zero-order chi connectivity index (χ0) is 17.1. The number of benzene rings is 1. The van der Waals surface area contributed by atoms with Gasteiger partial charge in [0.25, 0.3) is 5.91 Å². The highest BCUT2D eigenvalue weighted by Crippen LogP contribution is 2.21. The molecule has 6 nitrogen and oxygen atoms in total. The van der Waals surface area contributed by atoms with Gasteiger partial charge in [0.05, 0.1) is 18.7 Å². The molecule has 2 aromatic heterocycles. The molecule has 0 fully saturated rings. The summed E-state index contributed by atoms with van der Waals surface area (Å²) in [6.45, 7) is 2.04. The van der Waals surface area contributed by atoms with E-state index >= 15 is 0 Å². The predicted molar refractivity (Wildman–Crippen MR) is 88.7 cm³/mol. The number of H-pyrrole nitrogens is 1. The number of hydrogen-bond acceptors (Lipinski definition) is 5. The average molecular weight is 347 g/mol. The summed E-state index contributed by atoms with van der Waals surface area (Å²) in [7, 11) is 0. The smallest absolute Gasteiger partial charge is 0.311 e. The molecule has 0 unspecified atom stereocenters. The molecule has 0 aliphatic carbocycles. The number of esters is 1. The first-order valence-electron chi connectivity index (χ1n) is 7.25. The third-order valence-electron chi connectivity index (χ3n) is 3.26. The first-order valence-corrected chi connectivity index (χ1v) is 8.13. The molecule has 0 spiro atoms. The molecule has 3 aromatic rings. The van der Waals surface area contributed by atoms with E-state index in [0.29, 0.717) is 28.3 Å². The Morgan fingerprint density at radius 3 is 3.00 bits per heavy atom. The van der Waals surface area contributed by atoms with Crippen molar-refractivity contribution in [3.8, 4) is 0 Å². The van der Waals surface area contributed by atoms with E-state index in [9.17, 15) is 14.0 Å². The number of anilines is 1. The number of fused-ring (bicyclic) bond motifs is 1. The third kappa shape index (κ3) is 3.43. The van der Waals surface area contributed by atoms with E-state index in [-0.39, 0.29) is 18.1 Å². The van der Waals surface area contributed by atoms with Gasteiger partial charge in [-0.05, 0) is 25.1 Å². The molecule has 1 amide bonds. The molecule has 0 saturated carbocycles. The summed E-state index contributed by atoms with van der Waals surface area (Å²) in [6.07, 6.45) is 0.0534. The number of ether oxygens (including phenoxy) is 1. The van der Waals surface area contributed by atoms with Crippen LogP contribution in [-0.4, -0.2) is 28.5 Å². The van der Waals surface area contributed by atoms with E-state index in [1.165, 1.54) is 23.5 Å². The molecule has 3 rings (SSSR count). The molecule has 0 bridgehead atoms. The maximum atomic E-state index is 13.7. The summed E-state index contributed by atoms with van der Waals surface area (Å²) in [6, 6.07) is 6.04. The molecule has 1 aromatic carbocycles. The largest absolute Gasteiger partial charge is 0.466 e. The third-order valence-corrected chi connectivity index (χ3v) is 4.07. The Balaban J connectivity index is 1.71. The minimum Gasteiger partial charge on any atom is -0.466 e. The number of rotatable bonds is 5. The molecule has 0 atom stereocenters. The van der Waals surface area contributed by atoms with E-state index < -0.39 is 11.7 Å². The first kappa shape index (κ1) is 16.1. The van der Waals surface area contributed by atoms with Crippen molar-refractivity contribution in [3.63, 3.8) is 0 Å². The van der Waals surface area contributed by atoms with Crippen LogP contribution in [-0.2, 0) is 16.0 Å². The van der Waals surface area contributed by atoms with Gasteiger partial charge in [0, 0.05) is 16.3 Å². The molecule has 2 N–H and O–H groups in total. The molecule has 24 heavy (non-hydrogen) atoms. The fourth-order valence-corrected chi connectivity index (χ4v) is 2.92. The fourth-order valence-electron chi connectivity index (χ4n) is 2.21. The zero-order valence-corrected chi connectivity index (χ0v) is 13.6. The van der Waals surface area contributed by atoms with Gasteiger partial charge in [-0.2, -0.15) is 0 Å². The summed E-state index contributed by atoms with van der Waals surface area (Å²) >= 11 is 1.20. The number of hydrogen-bond donors (Lipinski definition) is 2. The monoisotopic (exact) mass is 347 g/mol. The van der Waals surface area contributed by atoms with Crippen LogP contribution >= 0.6 is 11.3 Å². The Morgan fingerprint density at radius 1 is 1.42 bits per heavy atom. The van der Waals surface area contributed by atoms with E-state index in [4.69, 9.17) is 4.74 Å². The highest BCUT2D eigenvalue weighted by molar-refractivity contribution is 7.14.